The highest BCUT2D eigenvalue weighted by Crippen LogP contribution is 2.32. The molecule has 146 valence electrons. The third-order valence-electron chi connectivity index (χ3n) is 5.13. The maximum absolute atomic E-state index is 13.6. The van der Waals surface area contributed by atoms with E-state index in [2.05, 4.69) is 31.0 Å². The van der Waals surface area contributed by atoms with Crippen molar-refractivity contribution in [2.24, 2.45) is 0 Å². The van der Waals surface area contributed by atoms with Crippen molar-refractivity contribution < 1.29 is 4.79 Å². The summed E-state index contributed by atoms with van der Waals surface area (Å²) in [4.78, 5) is 24.5. The Balaban J connectivity index is 1.80. The van der Waals surface area contributed by atoms with Crippen molar-refractivity contribution >= 4 is 32.6 Å². The van der Waals surface area contributed by atoms with E-state index in [9.17, 15) is 4.79 Å². The van der Waals surface area contributed by atoms with E-state index >= 15 is 0 Å². The molecule has 0 aliphatic heterocycles. The van der Waals surface area contributed by atoms with E-state index in [1.165, 1.54) is 11.1 Å². The highest BCUT2D eigenvalue weighted by atomic mass is 32.1. The summed E-state index contributed by atoms with van der Waals surface area (Å²) in [6, 6.07) is 15.9. The Hall–Kier alpha value is -3.05. The second-order valence-electron chi connectivity index (χ2n) is 7.43. The first-order valence-corrected chi connectivity index (χ1v) is 10.4. The van der Waals surface area contributed by atoms with E-state index in [4.69, 9.17) is 4.98 Å². The number of aromatic nitrogens is 2. The average molecular weight is 402 g/mol. The van der Waals surface area contributed by atoms with E-state index < -0.39 is 0 Å². The zero-order valence-electron chi connectivity index (χ0n) is 17.1. The lowest BCUT2D eigenvalue weighted by Gasteiger charge is -2.20. The maximum atomic E-state index is 13.6. The molecule has 2 aromatic heterocycles. The van der Waals surface area contributed by atoms with Crippen LogP contribution in [-0.2, 0) is 6.54 Å². The summed E-state index contributed by atoms with van der Waals surface area (Å²) in [6.45, 7) is 8.57. The van der Waals surface area contributed by atoms with Gasteiger partial charge in [0.1, 0.15) is 0 Å². The Kier molecular flexibility index (Phi) is 5.16. The van der Waals surface area contributed by atoms with Gasteiger partial charge in [0.05, 0.1) is 22.5 Å². The van der Waals surface area contributed by atoms with Crippen LogP contribution in [0, 0.1) is 27.7 Å². The zero-order valence-corrected chi connectivity index (χ0v) is 17.9. The number of amides is 1. The van der Waals surface area contributed by atoms with Crippen molar-refractivity contribution in [3.8, 4) is 0 Å². The van der Waals surface area contributed by atoms with Crippen molar-refractivity contribution in [3.63, 3.8) is 0 Å². The molecule has 0 aliphatic rings. The van der Waals surface area contributed by atoms with Gasteiger partial charge < -0.3 is 0 Å². The Bertz CT molecular complexity index is 1160. The quantitative estimate of drug-likeness (QED) is 0.436. The number of anilines is 1. The monoisotopic (exact) mass is 401 g/mol. The molecule has 1 amide bonds. The predicted octanol–water partition coefficient (Wildman–Crippen LogP) is 5.77. The number of nitrogens with zero attached hydrogens (tertiary/aromatic N) is 3. The first kappa shape index (κ1) is 19.3. The van der Waals surface area contributed by atoms with Crippen LogP contribution in [0.5, 0.6) is 0 Å². The average Bonchev–Trinajstić information content (AvgIpc) is 3.09. The Morgan fingerprint density at radius 1 is 0.966 bits per heavy atom. The van der Waals surface area contributed by atoms with E-state index in [1.54, 1.807) is 22.4 Å². The Morgan fingerprint density at radius 3 is 2.48 bits per heavy atom. The van der Waals surface area contributed by atoms with Gasteiger partial charge in [-0.25, -0.2) is 4.98 Å². The summed E-state index contributed by atoms with van der Waals surface area (Å²) >= 11 is 1.55. The van der Waals surface area contributed by atoms with Gasteiger partial charge in [0, 0.05) is 11.8 Å². The molecular weight excluding hydrogens is 378 g/mol. The fourth-order valence-corrected chi connectivity index (χ4v) is 4.41. The van der Waals surface area contributed by atoms with Crippen molar-refractivity contribution in [1.82, 2.24) is 9.97 Å². The number of rotatable bonds is 4. The molecular formula is C24H23N3OS. The summed E-state index contributed by atoms with van der Waals surface area (Å²) in [6.07, 6.45) is 1.75. The van der Waals surface area contributed by atoms with E-state index in [1.807, 2.05) is 50.2 Å². The smallest absolute Gasteiger partial charge is 0.260 e. The number of hydrogen-bond donors (Lipinski definition) is 0. The van der Waals surface area contributed by atoms with Gasteiger partial charge in [0.25, 0.3) is 5.91 Å². The van der Waals surface area contributed by atoms with Crippen LogP contribution in [0.25, 0.3) is 10.2 Å². The summed E-state index contributed by atoms with van der Waals surface area (Å²) in [5, 5.41) is 0.695. The number of carbonyl (C=O) groups excluding carboxylic acids is 1. The molecule has 0 fully saturated rings. The SMILES string of the molecule is Cc1ccc(C(=O)N(Cc2ccccn2)c2nc3cc(C)c(C)cc3s2)c(C)c1. The number of pyridine rings is 1. The van der Waals surface area contributed by atoms with Gasteiger partial charge in [0.2, 0.25) is 0 Å². The minimum Gasteiger partial charge on any atom is -0.278 e. The molecule has 0 spiro atoms. The van der Waals surface area contributed by atoms with Crippen molar-refractivity contribution in [2.75, 3.05) is 4.90 Å². The maximum Gasteiger partial charge on any atom is 0.260 e. The zero-order chi connectivity index (χ0) is 20.5. The fourth-order valence-electron chi connectivity index (χ4n) is 3.36. The van der Waals surface area contributed by atoms with Crippen LogP contribution >= 0.6 is 11.3 Å². The molecule has 2 heterocycles. The minimum absolute atomic E-state index is 0.0550. The van der Waals surface area contributed by atoms with E-state index in [0.29, 0.717) is 17.2 Å². The summed E-state index contributed by atoms with van der Waals surface area (Å²) in [7, 11) is 0. The number of fused-ring (bicyclic) bond motifs is 1. The lowest BCUT2D eigenvalue weighted by molar-refractivity contribution is 0.0984. The number of thiazole rings is 1. The standard InChI is InChI=1S/C24H23N3OS/c1-15-8-9-20(18(4)11-15)23(28)27(14-19-7-5-6-10-25-19)24-26-21-12-16(2)17(3)13-22(21)29-24/h5-13H,14H2,1-4H3. The molecule has 0 N–H and O–H groups in total. The largest absolute Gasteiger partial charge is 0.278 e. The van der Waals surface area contributed by atoms with Gasteiger partial charge in [-0.05, 0) is 74.7 Å². The van der Waals surface area contributed by atoms with Gasteiger partial charge >= 0.3 is 0 Å². The molecule has 4 rings (SSSR count). The van der Waals surface area contributed by atoms with Gasteiger partial charge in [-0.1, -0.05) is 35.1 Å². The van der Waals surface area contributed by atoms with Crippen LogP contribution in [0.1, 0.15) is 38.3 Å². The van der Waals surface area contributed by atoms with Crippen molar-refractivity contribution in [1.29, 1.82) is 0 Å². The highest BCUT2D eigenvalue weighted by Gasteiger charge is 2.23. The van der Waals surface area contributed by atoms with Crippen LogP contribution in [0.3, 0.4) is 0 Å². The minimum atomic E-state index is -0.0550. The highest BCUT2D eigenvalue weighted by molar-refractivity contribution is 7.22. The second kappa shape index (κ2) is 7.76. The van der Waals surface area contributed by atoms with E-state index in [0.717, 1.165) is 27.0 Å². The fraction of sp³-hybridized carbons (Fsp3) is 0.208. The van der Waals surface area contributed by atoms with Crippen LogP contribution < -0.4 is 4.90 Å². The Labute approximate surface area is 174 Å². The molecule has 5 heteroatoms. The van der Waals surface area contributed by atoms with Crippen LogP contribution in [0.15, 0.2) is 54.7 Å². The van der Waals surface area contributed by atoms with Crippen molar-refractivity contribution in [2.45, 2.75) is 34.2 Å². The van der Waals surface area contributed by atoms with Crippen molar-refractivity contribution in [3.05, 3.63) is 88.2 Å². The normalized spacial score (nSPS) is 11.0. The summed E-state index contributed by atoms with van der Waals surface area (Å²) in [5.41, 5.74) is 6.98. The molecule has 29 heavy (non-hydrogen) atoms. The summed E-state index contributed by atoms with van der Waals surface area (Å²) < 4.78 is 1.09. The number of aryl methyl sites for hydroxylation is 4. The number of benzene rings is 2. The van der Waals surface area contributed by atoms with Gasteiger partial charge in [-0.3, -0.25) is 14.7 Å². The molecule has 4 aromatic rings. The van der Waals surface area contributed by atoms with Crippen LogP contribution in [0.2, 0.25) is 0 Å². The number of hydrogen-bond acceptors (Lipinski definition) is 4. The third-order valence-corrected chi connectivity index (χ3v) is 6.17. The second-order valence-corrected chi connectivity index (χ2v) is 8.44. The molecule has 0 radical (unpaired) electrons. The summed E-state index contributed by atoms with van der Waals surface area (Å²) in [5.74, 6) is -0.0550. The lowest BCUT2D eigenvalue weighted by atomic mass is 10.0. The van der Waals surface area contributed by atoms with Crippen LogP contribution in [0.4, 0.5) is 5.13 Å². The number of carbonyl (C=O) groups is 1. The third kappa shape index (κ3) is 3.91. The first-order valence-electron chi connectivity index (χ1n) is 9.59. The first-order chi connectivity index (χ1) is 13.9. The topological polar surface area (TPSA) is 46.1 Å². The van der Waals surface area contributed by atoms with Gasteiger partial charge in [0.15, 0.2) is 5.13 Å². The molecule has 0 unspecified atom stereocenters. The molecule has 0 saturated carbocycles. The predicted molar refractivity (Wildman–Crippen MR) is 120 cm³/mol. The Morgan fingerprint density at radius 2 is 1.76 bits per heavy atom. The van der Waals surface area contributed by atoms with Gasteiger partial charge in [-0.2, -0.15) is 0 Å². The lowest BCUT2D eigenvalue weighted by Crippen LogP contribution is -2.31. The molecule has 0 aliphatic carbocycles. The molecule has 0 atom stereocenters. The molecule has 2 aromatic carbocycles. The molecule has 0 bridgehead atoms. The van der Waals surface area contributed by atoms with Crippen LogP contribution in [-0.4, -0.2) is 15.9 Å². The van der Waals surface area contributed by atoms with E-state index in [-0.39, 0.29) is 5.91 Å². The molecule has 0 saturated heterocycles. The van der Waals surface area contributed by atoms with Gasteiger partial charge in [-0.15, -0.1) is 0 Å². The molecule has 4 nitrogen and oxygen atoms in total.